The maximum Gasteiger partial charge on any atom is 0.300 e. The van der Waals surface area contributed by atoms with E-state index in [9.17, 15) is 14.7 Å². The van der Waals surface area contributed by atoms with Crippen molar-refractivity contribution in [2.45, 2.75) is 26.3 Å². The van der Waals surface area contributed by atoms with Crippen LogP contribution in [-0.4, -0.2) is 37.1 Å². The number of ketones is 1. The molecule has 1 unspecified atom stereocenters. The molecule has 37 heavy (non-hydrogen) atoms. The largest absolute Gasteiger partial charge is 0.507 e. The van der Waals surface area contributed by atoms with E-state index < -0.39 is 17.7 Å². The van der Waals surface area contributed by atoms with Crippen LogP contribution in [-0.2, 0) is 16.0 Å². The van der Waals surface area contributed by atoms with Gasteiger partial charge in [-0.25, -0.2) is 0 Å². The Morgan fingerprint density at radius 3 is 2.43 bits per heavy atom. The van der Waals surface area contributed by atoms with E-state index in [0.717, 1.165) is 17.5 Å². The Labute approximate surface area is 219 Å². The third kappa shape index (κ3) is 4.29. The van der Waals surface area contributed by atoms with Crippen molar-refractivity contribution in [2.24, 2.45) is 0 Å². The van der Waals surface area contributed by atoms with Gasteiger partial charge in [-0.05, 0) is 54.3 Å². The predicted octanol–water partition coefficient (Wildman–Crippen LogP) is 5.62. The summed E-state index contributed by atoms with van der Waals surface area (Å²) in [5.41, 5.74) is 3.17. The number of carbonyl (C=O) groups excluding carboxylic acids is 2. The van der Waals surface area contributed by atoms with Crippen LogP contribution < -0.4 is 19.1 Å². The SMILES string of the molecule is CCc1ccc(C2/C(=C(\O)c3cc(C)cc(Cl)c3OC)C(=O)C(=O)N2c2ccc3c(c2)OCCO3)cc1. The molecule has 1 fully saturated rings. The maximum atomic E-state index is 13.5. The highest BCUT2D eigenvalue weighted by Gasteiger charge is 2.47. The normalized spacial score (nSPS) is 18.3. The number of fused-ring (bicyclic) bond motifs is 1. The van der Waals surface area contributed by atoms with Gasteiger partial charge in [-0.2, -0.15) is 0 Å². The number of aliphatic hydroxyl groups is 1. The van der Waals surface area contributed by atoms with Crippen molar-refractivity contribution in [2.75, 3.05) is 25.2 Å². The minimum Gasteiger partial charge on any atom is -0.507 e. The highest BCUT2D eigenvalue weighted by atomic mass is 35.5. The summed E-state index contributed by atoms with van der Waals surface area (Å²) in [7, 11) is 1.43. The van der Waals surface area contributed by atoms with Gasteiger partial charge in [-0.3, -0.25) is 14.5 Å². The molecular weight excluding hydrogens is 494 g/mol. The monoisotopic (exact) mass is 519 g/mol. The molecular formula is C29H26ClNO6. The smallest absolute Gasteiger partial charge is 0.300 e. The minimum atomic E-state index is -0.891. The molecule has 1 atom stereocenters. The van der Waals surface area contributed by atoms with Gasteiger partial charge in [0.25, 0.3) is 11.7 Å². The van der Waals surface area contributed by atoms with E-state index in [2.05, 4.69) is 0 Å². The van der Waals surface area contributed by atoms with Crippen molar-refractivity contribution in [1.29, 1.82) is 0 Å². The van der Waals surface area contributed by atoms with Crippen LogP contribution in [0.3, 0.4) is 0 Å². The zero-order chi connectivity index (χ0) is 26.3. The molecule has 0 aromatic heterocycles. The number of amides is 1. The lowest BCUT2D eigenvalue weighted by atomic mass is 9.93. The fourth-order valence-electron chi connectivity index (χ4n) is 4.79. The molecule has 5 rings (SSSR count). The van der Waals surface area contributed by atoms with Gasteiger partial charge in [0.15, 0.2) is 11.5 Å². The van der Waals surface area contributed by atoms with E-state index in [1.165, 1.54) is 12.0 Å². The first-order valence-electron chi connectivity index (χ1n) is 12.0. The molecule has 0 saturated carbocycles. The lowest BCUT2D eigenvalue weighted by molar-refractivity contribution is -0.132. The maximum absolute atomic E-state index is 13.5. The molecule has 1 amide bonds. The molecule has 2 aliphatic heterocycles. The van der Waals surface area contributed by atoms with Gasteiger partial charge in [0.1, 0.15) is 24.7 Å². The van der Waals surface area contributed by atoms with Crippen molar-refractivity contribution in [3.8, 4) is 17.2 Å². The van der Waals surface area contributed by atoms with Crippen LogP contribution in [0, 0.1) is 6.92 Å². The molecule has 190 valence electrons. The molecule has 2 heterocycles. The van der Waals surface area contributed by atoms with Gasteiger partial charge >= 0.3 is 0 Å². The number of methoxy groups -OCH3 is 1. The molecule has 7 nitrogen and oxygen atoms in total. The summed E-state index contributed by atoms with van der Waals surface area (Å²) < 4.78 is 16.8. The third-order valence-electron chi connectivity index (χ3n) is 6.60. The molecule has 3 aromatic rings. The fourth-order valence-corrected chi connectivity index (χ4v) is 5.14. The summed E-state index contributed by atoms with van der Waals surface area (Å²) in [6, 6.07) is 15.2. The average Bonchev–Trinajstić information content (AvgIpc) is 3.17. The number of benzene rings is 3. The zero-order valence-electron chi connectivity index (χ0n) is 20.7. The van der Waals surface area contributed by atoms with Crippen LogP contribution in [0.2, 0.25) is 5.02 Å². The molecule has 0 bridgehead atoms. The second-order valence-corrected chi connectivity index (χ2v) is 9.33. The quantitative estimate of drug-likeness (QED) is 0.268. The fraction of sp³-hybridized carbons (Fsp3) is 0.241. The van der Waals surface area contributed by atoms with E-state index in [0.29, 0.717) is 36.0 Å². The van der Waals surface area contributed by atoms with Crippen molar-refractivity contribution < 1.29 is 28.9 Å². The van der Waals surface area contributed by atoms with Crippen LogP contribution in [0.5, 0.6) is 17.2 Å². The molecule has 1 saturated heterocycles. The number of aryl methyl sites for hydroxylation is 2. The van der Waals surface area contributed by atoms with Crippen LogP contribution in [0.25, 0.3) is 5.76 Å². The lowest BCUT2D eigenvalue weighted by Gasteiger charge is -2.27. The molecule has 0 radical (unpaired) electrons. The number of nitrogens with zero attached hydrogens (tertiary/aromatic N) is 1. The zero-order valence-corrected chi connectivity index (χ0v) is 21.5. The van der Waals surface area contributed by atoms with Crippen molar-refractivity contribution >= 4 is 34.7 Å². The average molecular weight is 520 g/mol. The lowest BCUT2D eigenvalue weighted by Crippen LogP contribution is -2.29. The van der Waals surface area contributed by atoms with Gasteiger partial charge in [0, 0.05) is 11.8 Å². The van der Waals surface area contributed by atoms with Gasteiger partial charge in [-0.1, -0.05) is 42.8 Å². The first-order chi connectivity index (χ1) is 17.8. The topological polar surface area (TPSA) is 85.3 Å². The summed E-state index contributed by atoms with van der Waals surface area (Å²) in [5, 5.41) is 11.8. The Bertz CT molecular complexity index is 1430. The van der Waals surface area contributed by atoms with E-state index in [-0.39, 0.29) is 27.7 Å². The summed E-state index contributed by atoms with van der Waals surface area (Å²) in [6.45, 7) is 4.67. The predicted molar refractivity (Wildman–Crippen MR) is 141 cm³/mol. The van der Waals surface area contributed by atoms with Crippen LogP contribution in [0.1, 0.15) is 35.2 Å². The van der Waals surface area contributed by atoms with Crippen molar-refractivity contribution in [3.63, 3.8) is 0 Å². The molecule has 8 heteroatoms. The first-order valence-corrected chi connectivity index (χ1v) is 12.4. The van der Waals surface area contributed by atoms with E-state index in [4.69, 9.17) is 25.8 Å². The summed E-state index contributed by atoms with van der Waals surface area (Å²) in [4.78, 5) is 28.4. The van der Waals surface area contributed by atoms with Crippen LogP contribution >= 0.6 is 11.6 Å². The third-order valence-corrected chi connectivity index (χ3v) is 6.88. The van der Waals surface area contributed by atoms with Gasteiger partial charge in [-0.15, -0.1) is 0 Å². The van der Waals surface area contributed by atoms with E-state index in [1.807, 2.05) is 38.1 Å². The van der Waals surface area contributed by atoms with Crippen LogP contribution in [0.4, 0.5) is 5.69 Å². The Kier molecular flexibility index (Phi) is 6.56. The second kappa shape index (κ2) is 9.82. The minimum absolute atomic E-state index is 0.0518. The van der Waals surface area contributed by atoms with Gasteiger partial charge < -0.3 is 19.3 Å². The number of carbonyl (C=O) groups is 2. The first kappa shape index (κ1) is 24.7. The van der Waals surface area contributed by atoms with Crippen molar-refractivity contribution in [1.82, 2.24) is 0 Å². The second-order valence-electron chi connectivity index (χ2n) is 8.92. The molecule has 1 N–H and O–H groups in total. The van der Waals surface area contributed by atoms with E-state index in [1.54, 1.807) is 30.3 Å². The van der Waals surface area contributed by atoms with Crippen molar-refractivity contribution in [3.05, 3.63) is 87.4 Å². The van der Waals surface area contributed by atoms with Gasteiger partial charge in [0.05, 0.1) is 29.3 Å². The Morgan fingerprint density at radius 2 is 1.76 bits per heavy atom. The highest BCUT2D eigenvalue weighted by Crippen LogP contribution is 2.46. The standard InChI is InChI=1S/C29H26ClNO6/c1-4-17-5-7-18(8-6-17)25-24(26(32)20-13-16(2)14-21(30)28(20)35-3)27(33)29(34)31(25)19-9-10-22-23(15-19)37-12-11-36-22/h5-10,13-15,25,32H,4,11-12H2,1-3H3/b26-24+. The summed E-state index contributed by atoms with van der Waals surface area (Å²) in [5.74, 6) is -0.662. The summed E-state index contributed by atoms with van der Waals surface area (Å²) in [6.07, 6.45) is 0.835. The summed E-state index contributed by atoms with van der Waals surface area (Å²) >= 11 is 6.38. The molecule has 0 aliphatic carbocycles. The highest BCUT2D eigenvalue weighted by molar-refractivity contribution is 6.51. The van der Waals surface area contributed by atoms with Crippen LogP contribution in [0.15, 0.2) is 60.2 Å². The number of rotatable bonds is 5. The number of ether oxygens (including phenoxy) is 3. The molecule has 3 aromatic carbocycles. The number of hydrogen-bond donors (Lipinski definition) is 1. The molecule has 0 spiro atoms. The number of aliphatic hydroxyl groups excluding tert-OH is 1. The Balaban J connectivity index is 1.73. The number of halogens is 1. The molecule has 2 aliphatic rings. The Morgan fingerprint density at radius 1 is 1.05 bits per heavy atom. The number of Topliss-reactive ketones (excluding diaryl/α,β-unsaturated/α-hetero) is 1. The van der Waals surface area contributed by atoms with Gasteiger partial charge in [0.2, 0.25) is 0 Å². The van der Waals surface area contributed by atoms with E-state index >= 15 is 0 Å². The Hall–Kier alpha value is -3.97. The number of anilines is 1. The number of hydrogen-bond acceptors (Lipinski definition) is 6.